The van der Waals surface area contributed by atoms with Crippen molar-refractivity contribution in [3.8, 4) is 5.75 Å². The molecule has 2 rings (SSSR count). The topological polar surface area (TPSA) is 52.6 Å². The highest BCUT2D eigenvalue weighted by atomic mass is 16.5. The van der Waals surface area contributed by atoms with E-state index in [9.17, 15) is 9.59 Å². The van der Waals surface area contributed by atoms with Gasteiger partial charge >= 0.3 is 11.9 Å². The summed E-state index contributed by atoms with van der Waals surface area (Å²) in [5.41, 5.74) is 2.84. The number of aryl methyl sites for hydroxylation is 1. The van der Waals surface area contributed by atoms with Gasteiger partial charge in [0.25, 0.3) is 0 Å². The van der Waals surface area contributed by atoms with Gasteiger partial charge in [0, 0.05) is 18.4 Å². The van der Waals surface area contributed by atoms with E-state index >= 15 is 0 Å². The predicted octanol–water partition coefficient (Wildman–Crippen LogP) is 4.77. The molecule has 4 nitrogen and oxygen atoms in total. The number of hydrogen-bond donors (Lipinski definition) is 0. The van der Waals surface area contributed by atoms with Crippen molar-refractivity contribution in [1.29, 1.82) is 0 Å². The highest BCUT2D eigenvalue weighted by Crippen LogP contribution is 2.39. The first kappa shape index (κ1) is 18.7. The van der Waals surface area contributed by atoms with Gasteiger partial charge in [-0.05, 0) is 54.0 Å². The monoisotopic (exact) mass is 340 g/mol. The summed E-state index contributed by atoms with van der Waals surface area (Å²) in [6.45, 7) is 9.60. The van der Waals surface area contributed by atoms with Gasteiger partial charge in [-0.15, -0.1) is 0 Å². The molecule has 0 radical (unpaired) electrons. The van der Waals surface area contributed by atoms with Gasteiger partial charge in [0.15, 0.2) is 0 Å². The van der Waals surface area contributed by atoms with Gasteiger partial charge in [-0.2, -0.15) is 0 Å². The maximum Gasteiger partial charge on any atom is 0.330 e. The lowest BCUT2D eigenvalue weighted by atomic mass is 9.91. The second kappa shape index (κ2) is 7.97. The summed E-state index contributed by atoms with van der Waals surface area (Å²) in [4.78, 5) is 23.3. The Balaban J connectivity index is 2.74. The van der Waals surface area contributed by atoms with Crippen LogP contribution in [-0.2, 0) is 14.3 Å². The zero-order valence-corrected chi connectivity index (χ0v) is 15.4. The Kier molecular flexibility index (Phi) is 5.97. The SMILES string of the molecule is CCOC(=O)C=Cc1cc(C(C)C)c(OC(C)=O)c2c(C)cccc12. The van der Waals surface area contributed by atoms with Gasteiger partial charge in [-0.3, -0.25) is 4.79 Å². The molecule has 0 saturated carbocycles. The third-order valence-corrected chi connectivity index (χ3v) is 3.94. The molecule has 0 N–H and O–H groups in total. The van der Waals surface area contributed by atoms with Crippen molar-refractivity contribution in [3.05, 3.63) is 47.0 Å². The lowest BCUT2D eigenvalue weighted by Crippen LogP contribution is -2.07. The van der Waals surface area contributed by atoms with E-state index in [1.807, 2.05) is 45.0 Å². The number of fused-ring (bicyclic) bond motifs is 1. The molecule has 132 valence electrons. The van der Waals surface area contributed by atoms with Crippen molar-refractivity contribution in [2.24, 2.45) is 0 Å². The third kappa shape index (κ3) is 4.27. The van der Waals surface area contributed by atoms with E-state index in [0.29, 0.717) is 12.4 Å². The number of carbonyl (C=O) groups excluding carboxylic acids is 2. The minimum absolute atomic E-state index is 0.160. The van der Waals surface area contributed by atoms with Gasteiger partial charge in [0.1, 0.15) is 5.75 Å². The number of esters is 2. The van der Waals surface area contributed by atoms with Crippen molar-refractivity contribution in [2.45, 2.75) is 40.5 Å². The largest absolute Gasteiger partial charge is 0.463 e. The smallest absolute Gasteiger partial charge is 0.330 e. The van der Waals surface area contributed by atoms with Crippen LogP contribution in [0.15, 0.2) is 30.3 Å². The van der Waals surface area contributed by atoms with E-state index in [1.54, 1.807) is 13.0 Å². The predicted molar refractivity (Wildman–Crippen MR) is 99.8 cm³/mol. The first-order valence-electron chi connectivity index (χ1n) is 8.44. The van der Waals surface area contributed by atoms with Crippen LogP contribution in [0.25, 0.3) is 16.8 Å². The Morgan fingerprint density at radius 1 is 1.24 bits per heavy atom. The summed E-state index contributed by atoms with van der Waals surface area (Å²) in [7, 11) is 0. The molecule has 2 aromatic carbocycles. The van der Waals surface area contributed by atoms with E-state index in [4.69, 9.17) is 9.47 Å². The van der Waals surface area contributed by atoms with Gasteiger partial charge in [-0.25, -0.2) is 4.79 Å². The fraction of sp³-hybridized carbons (Fsp3) is 0.333. The van der Waals surface area contributed by atoms with Gasteiger partial charge in [0.05, 0.1) is 6.61 Å². The number of ether oxygens (including phenoxy) is 2. The first-order valence-corrected chi connectivity index (χ1v) is 8.44. The average molecular weight is 340 g/mol. The molecule has 2 aromatic rings. The zero-order chi connectivity index (χ0) is 18.6. The lowest BCUT2D eigenvalue weighted by Gasteiger charge is -2.18. The van der Waals surface area contributed by atoms with Crippen LogP contribution >= 0.6 is 0 Å². The first-order chi connectivity index (χ1) is 11.8. The van der Waals surface area contributed by atoms with E-state index < -0.39 is 0 Å². The third-order valence-electron chi connectivity index (χ3n) is 3.94. The number of rotatable bonds is 5. The van der Waals surface area contributed by atoms with Crippen LogP contribution in [0, 0.1) is 6.92 Å². The average Bonchev–Trinajstić information content (AvgIpc) is 2.53. The molecule has 25 heavy (non-hydrogen) atoms. The Bertz CT molecular complexity index is 831. The van der Waals surface area contributed by atoms with Crippen LogP contribution in [0.2, 0.25) is 0 Å². The van der Waals surface area contributed by atoms with E-state index in [0.717, 1.165) is 27.5 Å². The summed E-state index contributed by atoms with van der Waals surface area (Å²) in [5.74, 6) is 0.0386. The molecule has 4 heteroatoms. The van der Waals surface area contributed by atoms with E-state index in [2.05, 4.69) is 0 Å². The van der Waals surface area contributed by atoms with Crippen LogP contribution in [0.3, 0.4) is 0 Å². The molecule has 0 atom stereocenters. The second-order valence-corrected chi connectivity index (χ2v) is 6.22. The van der Waals surface area contributed by atoms with E-state index in [-0.39, 0.29) is 17.9 Å². The molecule has 0 aliphatic heterocycles. The van der Waals surface area contributed by atoms with Crippen LogP contribution in [-0.4, -0.2) is 18.5 Å². The molecule has 0 aliphatic rings. The second-order valence-electron chi connectivity index (χ2n) is 6.22. The number of carbonyl (C=O) groups is 2. The molecular formula is C21H24O4. The maximum atomic E-state index is 11.7. The molecule has 0 fully saturated rings. The van der Waals surface area contributed by atoms with Crippen molar-refractivity contribution < 1.29 is 19.1 Å². The molecule has 0 aromatic heterocycles. The van der Waals surface area contributed by atoms with Crippen molar-refractivity contribution in [1.82, 2.24) is 0 Å². The van der Waals surface area contributed by atoms with Crippen molar-refractivity contribution in [3.63, 3.8) is 0 Å². The maximum absolute atomic E-state index is 11.7. The highest BCUT2D eigenvalue weighted by Gasteiger charge is 2.18. The summed E-state index contributed by atoms with van der Waals surface area (Å²) in [6.07, 6.45) is 3.18. The molecule has 0 spiro atoms. The minimum Gasteiger partial charge on any atom is -0.463 e. The molecule has 0 bridgehead atoms. The summed E-state index contributed by atoms with van der Waals surface area (Å²) in [5, 5.41) is 1.83. The van der Waals surface area contributed by atoms with Crippen LogP contribution in [0.1, 0.15) is 50.3 Å². The molecule has 0 amide bonds. The molecule has 0 aliphatic carbocycles. The Morgan fingerprint density at radius 2 is 1.96 bits per heavy atom. The molecule has 0 saturated heterocycles. The number of benzene rings is 2. The highest BCUT2D eigenvalue weighted by molar-refractivity contribution is 6.01. The molecule has 0 heterocycles. The minimum atomic E-state index is -0.376. The van der Waals surface area contributed by atoms with Crippen molar-refractivity contribution in [2.75, 3.05) is 6.61 Å². The summed E-state index contributed by atoms with van der Waals surface area (Å²) < 4.78 is 10.5. The van der Waals surface area contributed by atoms with Crippen molar-refractivity contribution >= 4 is 28.8 Å². The lowest BCUT2D eigenvalue weighted by molar-refractivity contribution is -0.137. The van der Waals surface area contributed by atoms with Gasteiger partial charge < -0.3 is 9.47 Å². The molecule has 0 unspecified atom stereocenters. The fourth-order valence-corrected chi connectivity index (χ4v) is 2.83. The van der Waals surface area contributed by atoms with Gasteiger partial charge in [-0.1, -0.05) is 32.0 Å². The Morgan fingerprint density at radius 3 is 2.56 bits per heavy atom. The quantitative estimate of drug-likeness (QED) is 0.447. The fourth-order valence-electron chi connectivity index (χ4n) is 2.83. The Labute approximate surface area is 148 Å². The summed E-state index contributed by atoms with van der Waals surface area (Å²) in [6, 6.07) is 7.87. The molecular weight excluding hydrogens is 316 g/mol. The zero-order valence-electron chi connectivity index (χ0n) is 15.4. The van der Waals surface area contributed by atoms with Crippen LogP contribution < -0.4 is 4.74 Å². The Hall–Kier alpha value is -2.62. The standard InChI is InChI=1S/C21H24O4/c1-6-24-19(23)11-10-16-12-18(13(2)3)21(25-15(5)22)20-14(4)8-7-9-17(16)20/h7-13H,6H2,1-5H3. The van der Waals surface area contributed by atoms with E-state index in [1.165, 1.54) is 13.0 Å². The van der Waals surface area contributed by atoms with Crippen LogP contribution in [0.5, 0.6) is 5.75 Å². The normalized spacial score (nSPS) is 11.3. The number of hydrogen-bond acceptors (Lipinski definition) is 4. The summed E-state index contributed by atoms with van der Waals surface area (Å²) >= 11 is 0. The van der Waals surface area contributed by atoms with Crippen LogP contribution in [0.4, 0.5) is 0 Å². The van der Waals surface area contributed by atoms with Gasteiger partial charge in [0.2, 0.25) is 0 Å².